The molecule has 1 saturated heterocycles. The van der Waals surface area contributed by atoms with Gasteiger partial charge in [-0.3, -0.25) is 9.78 Å². The SMILES string of the molecule is O=C([C@H](Sc1ccccc1)c1ccccc1)N1CCN(c2cnccn2)CC1. The number of hydrogen-bond acceptors (Lipinski definition) is 5. The molecule has 3 aromatic rings. The Morgan fingerprint density at radius 3 is 2.21 bits per heavy atom. The lowest BCUT2D eigenvalue weighted by Crippen LogP contribution is -2.50. The summed E-state index contributed by atoms with van der Waals surface area (Å²) in [7, 11) is 0. The van der Waals surface area contributed by atoms with Crippen molar-refractivity contribution in [3.05, 3.63) is 84.8 Å². The molecule has 0 aliphatic carbocycles. The predicted octanol–water partition coefficient (Wildman–Crippen LogP) is 3.66. The first-order valence-corrected chi connectivity index (χ1v) is 10.3. The molecule has 1 amide bonds. The molecule has 28 heavy (non-hydrogen) atoms. The summed E-state index contributed by atoms with van der Waals surface area (Å²) in [5.74, 6) is 1.03. The molecule has 1 aliphatic rings. The van der Waals surface area contributed by atoms with Crippen LogP contribution in [0.2, 0.25) is 0 Å². The summed E-state index contributed by atoms with van der Waals surface area (Å²) in [6, 6.07) is 20.2. The summed E-state index contributed by atoms with van der Waals surface area (Å²) in [4.78, 5) is 27.2. The second-order valence-electron chi connectivity index (χ2n) is 6.60. The molecule has 142 valence electrons. The second-order valence-corrected chi connectivity index (χ2v) is 7.78. The van der Waals surface area contributed by atoms with E-state index in [9.17, 15) is 4.79 Å². The number of benzene rings is 2. The molecule has 2 aromatic carbocycles. The van der Waals surface area contributed by atoms with Gasteiger partial charge in [0, 0.05) is 43.5 Å². The van der Waals surface area contributed by atoms with Crippen LogP contribution in [0.4, 0.5) is 5.82 Å². The van der Waals surface area contributed by atoms with Gasteiger partial charge >= 0.3 is 0 Å². The number of thioether (sulfide) groups is 1. The normalized spacial score (nSPS) is 15.3. The fourth-order valence-electron chi connectivity index (χ4n) is 3.30. The van der Waals surface area contributed by atoms with Crippen molar-refractivity contribution in [1.82, 2.24) is 14.9 Å². The Hall–Kier alpha value is -2.86. The molecule has 1 atom stereocenters. The van der Waals surface area contributed by atoms with Crippen LogP contribution in [-0.4, -0.2) is 47.0 Å². The maximum atomic E-state index is 13.4. The van der Waals surface area contributed by atoms with E-state index < -0.39 is 0 Å². The number of piperazine rings is 1. The Morgan fingerprint density at radius 1 is 0.893 bits per heavy atom. The van der Waals surface area contributed by atoms with Gasteiger partial charge in [-0.25, -0.2) is 4.98 Å². The van der Waals surface area contributed by atoms with Gasteiger partial charge in [0.25, 0.3) is 0 Å². The minimum atomic E-state index is -0.244. The zero-order chi connectivity index (χ0) is 19.2. The highest BCUT2D eigenvalue weighted by atomic mass is 32.2. The molecular weight excluding hydrogens is 368 g/mol. The molecule has 0 spiro atoms. The van der Waals surface area contributed by atoms with Crippen molar-refractivity contribution >= 4 is 23.5 Å². The van der Waals surface area contributed by atoms with Gasteiger partial charge in [-0.15, -0.1) is 11.8 Å². The van der Waals surface area contributed by atoms with E-state index in [1.165, 1.54) is 0 Å². The van der Waals surface area contributed by atoms with Crippen LogP contribution in [0.25, 0.3) is 0 Å². The first-order valence-electron chi connectivity index (χ1n) is 9.38. The van der Waals surface area contributed by atoms with Gasteiger partial charge in [0.15, 0.2) is 0 Å². The summed E-state index contributed by atoms with van der Waals surface area (Å²) in [6.45, 7) is 2.91. The van der Waals surface area contributed by atoms with Crippen molar-refractivity contribution in [2.24, 2.45) is 0 Å². The van der Waals surface area contributed by atoms with E-state index in [0.29, 0.717) is 13.1 Å². The van der Waals surface area contributed by atoms with E-state index in [0.717, 1.165) is 29.4 Å². The smallest absolute Gasteiger partial charge is 0.240 e. The minimum absolute atomic E-state index is 0.166. The van der Waals surface area contributed by atoms with Crippen molar-refractivity contribution in [2.45, 2.75) is 10.1 Å². The Morgan fingerprint density at radius 2 is 1.57 bits per heavy atom. The highest BCUT2D eigenvalue weighted by Crippen LogP contribution is 2.36. The topological polar surface area (TPSA) is 49.3 Å². The molecule has 0 unspecified atom stereocenters. The average Bonchev–Trinajstić information content (AvgIpc) is 2.79. The Labute approximate surface area is 169 Å². The summed E-state index contributed by atoms with van der Waals surface area (Å²) in [6.07, 6.45) is 5.15. The van der Waals surface area contributed by atoms with E-state index in [-0.39, 0.29) is 11.2 Å². The molecule has 1 aliphatic heterocycles. The molecule has 6 heteroatoms. The zero-order valence-electron chi connectivity index (χ0n) is 15.5. The molecule has 5 nitrogen and oxygen atoms in total. The molecule has 1 aromatic heterocycles. The van der Waals surface area contributed by atoms with Crippen molar-refractivity contribution in [1.29, 1.82) is 0 Å². The summed E-state index contributed by atoms with van der Waals surface area (Å²) >= 11 is 1.61. The van der Waals surface area contributed by atoms with E-state index in [1.54, 1.807) is 30.4 Å². The largest absolute Gasteiger partial charge is 0.352 e. The van der Waals surface area contributed by atoms with Crippen molar-refractivity contribution in [3.63, 3.8) is 0 Å². The van der Waals surface area contributed by atoms with Crippen molar-refractivity contribution in [3.8, 4) is 0 Å². The molecule has 2 heterocycles. The number of carbonyl (C=O) groups excluding carboxylic acids is 1. The summed E-state index contributed by atoms with van der Waals surface area (Å²) < 4.78 is 0. The average molecular weight is 391 g/mol. The van der Waals surface area contributed by atoms with Gasteiger partial charge in [-0.2, -0.15) is 0 Å². The van der Waals surface area contributed by atoms with Crippen LogP contribution in [0.3, 0.4) is 0 Å². The number of hydrogen-bond donors (Lipinski definition) is 0. The molecule has 0 saturated carbocycles. The third-order valence-electron chi connectivity index (χ3n) is 4.79. The molecular formula is C22H22N4OS. The summed E-state index contributed by atoms with van der Waals surface area (Å²) in [5.41, 5.74) is 1.04. The van der Waals surface area contributed by atoms with Crippen molar-refractivity contribution < 1.29 is 4.79 Å². The van der Waals surface area contributed by atoms with Gasteiger partial charge < -0.3 is 9.80 Å². The maximum Gasteiger partial charge on any atom is 0.240 e. The fraction of sp³-hybridized carbons (Fsp3) is 0.227. The Balaban J connectivity index is 1.48. The third-order valence-corrected chi connectivity index (χ3v) is 6.04. The lowest BCUT2D eigenvalue weighted by Gasteiger charge is -2.36. The molecule has 4 rings (SSSR count). The number of anilines is 1. The van der Waals surface area contributed by atoms with Crippen LogP contribution >= 0.6 is 11.8 Å². The van der Waals surface area contributed by atoms with Gasteiger partial charge in [-0.1, -0.05) is 48.5 Å². The van der Waals surface area contributed by atoms with Crippen LogP contribution < -0.4 is 4.90 Å². The second kappa shape index (κ2) is 8.89. The summed E-state index contributed by atoms with van der Waals surface area (Å²) in [5, 5.41) is -0.244. The Bertz CT molecular complexity index is 884. The number of aromatic nitrogens is 2. The number of carbonyl (C=O) groups is 1. The monoisotopic (exact) mass is 390 g/mol. The fourth-order valence-corrected chi connectivity index (χ4v) is 4.43. The van der Waals surface area contributed by atoms with Crippen molar-refractivity contribution in [2.75, 3.05) is 31.1 Å². The van der Waals surface area contributed by atoms with Gasteiger partial charge in [0.2, 0.25) is 5.91 Å². The van der Waals surface area contributed by atoms with Gasteiger partial charge in [0.1, 0.15) is 11.1 Å². The highest BCUT2D eigenvalue weighted by molar-refractivity contribution is 8.00. The van der Waals surface area contributed by atoms with Crippen LogP contribution in [-0.2, 0) is 4.79 Å². The van der Waals surface area contributed by atoms with Gasteiger partial charge in [-0.05, 0) is 17.7 Å². The van der Waals surface area contributed by atoms with Crippen LogP contribution in [0.1, 0.15) is 10.8 Å². The molecule has 0 bridgehead atoms. The molecule has 0 radical (unpaired) electrons. The molecule has 0 N–H and O–H groups in total. The van der Waals surface area contributed by atoms with E-state index in [1.807, 2.05) is 53.4 Å². The number of rotatable bonds is 5. The van der Waals surface area contributed by atoms with Gasteiger partial charge in [0.05, 0.1) is 6.20 Å². The van der Waals surface area contributed by atoms with E-state index >= 15 is 0 Å². The molecule has 1 fully saturated rings. The quantitative estimate of drug-likeness (QED) is 0.622. The van der Waals surface area contributed by atoms with Crippen LogP contribution in [0.15, 0.2) is 84.1 Å². The standard InChI is InChI=1S/C22H22N4OS/c27-22(26-15-13-25(14-16-26)20-17-23-11-12-24-20)21(18-7-3-1-4-8-18)28-19-9-5-2-6-10-19/h1-12,17,21H,13-16H2/t21-/m1/s1. The lowest BCUT2D eigenvalue weighted by atomic mass is 10.1. The van der Waals surface area contributed by atoms with E-state index in [2.05, 4.69) is 27.0 Å². The number of amides is 1. The zero-order valence-corrected chi connectivity index (χ0v) is 16.3. The third kappa shape index (κ3) is 4.34. The predicted molar refractivity (Wildman–Crippen MR) is 112 cm³/mol. The lowest BCUT2D eigenvalue weighted by molar-refractivity contribution is -0.131. The highest BCUT2D eigenvalue weighted by Gasteiger charge is 2.29. The first kappa shape index (κ1) is 18.5. The van der Waals surface area contributed by atoms with Crippen LogP contribution in [0.5, 0.6) is 0 Å². The first-order chi connectivity index (χ1) is 13.8. The van der Waals surface area contributed by atoms with E-state index in [4.69, 9.17) is 0 Å². The van der Waals surface area contributed by atoms with Crippen LogP contribution in [0, 0.1) is 0 Å². The maximum absolute atomic E-state index is 13.4. The number of nitrogens with zero attached hydrogens (tertiary/aromatic N) is 4. The minimum Gasteiger partial charge on any atom is -0.352 e. The Kier molecular flexibility index (Phi) is 5.87.